The third-order valence-electron chi connectivity index (χ3n) is 5.28. The molecule has 1 aromatic rings. The van der Waals surface area contributed by atoms with Gasteiger partial charge in [-0.15, -0.1) is 0 Å². The molecule has 2 aliphatic heterocycles. The summed E-state index contributed by atoms with van der Waals surface area (Å²) in [5, 5.41) is 9.30. The number of hydrogen-bond donors (Lipinski definition) is 1. The number of aliphatic hydroxyl groups is 1. The van der Waals surface area contributed by atoms with E-state index in [1.165, 1.54) is 0 Å². The van der Waals surface area contributed by atoms with Crippen molar-refractivity contribution >= 4 is 18.5 Å². The molecule has 2 aliphatic rings. The van der Waals surface area contributed by atoms with E-state index in [-0.39, 0.29) is 29.8 Å². The fraction of sp³-hybridized carbons (Fsp3) is 0.588. The average molecular weight is 317 g/mol. The maximum Gasteiger partial charge on any atom is 0.494 e. The van der Waals surface area contributed by atoms with Crippen LogP contribution in [0, 0.1) is 0 Å². The lowest BCUT2D eigenvalue weighted by Crippen LogP contribution is -2.41. The Morgan fingerprint density at radius 3 is 2.43 bits per heavy atom. The molecule has 5 nitrogen and oxygen atoms in total. The lowest BCUT2D eigenvalue weighted by Gasteiger charge is -2.32. The molecular formula is C17H24BNO4. The molecule has 124 valence electrons. The zero-order chi connectivity index (χ0) is 17.0. The van der Waals surface area contributed by atoms with Crippen LogP contribution in [-0.2, 0) is 15.9 Å². The van der Waals surface area contributed by atoms with Crippen molar-refractivity contribution in [2.24, 2.45) is 0 Å². The van der Waals surface area contributed by atoms with Crippen molar-refractivity contribution in [1.82, 2.24) is 4.90 Å². The van der Waals surface area contributed by atoms with Gasteiger partial charge in [0.1, 0.15) is 0 Å². The van der Waals surface area contributed by atoms with E-state index in [9.17, 15) is 9.90 Å². The summed E-state index contributed by atoms with van der Waals surface area (Å²) in [4.78, 5) is 14.1. The Labute approximate surface area is 137 Å². The largest absolute Gasteiger partial charge is 0.494 e. The number of aliphatic hydroxyl groups excluding tert-OH is 1. The third-order valence-corrected chi connectivity index (χ3v) is 5.28. The van der Waals surface area contributed by atoms with Crippen LogP contribution >= 0.6 is 0 Å². The molecule has 0 aliphatic carbocycles. The van der Waals surface area contributed by atoms with Gasteiger partial charge in [-0.1, -0.05) is 12.1 Å². The molecule has 0 radical (unpaired) electrons. The van der Waals surface area contributed by atoms with Crippen LogP contribution in [0.4, 0.5) is 0 Å². The summed E-state index contributed by atoms with van der Waals surface area (Å²) < 4.78 is 12.1. The molecule has 1 unspecified atom stereocenters. The second-order valence-electron chi connectivity index (χ2n) is 7.47. The van der Waals surface area contributed by atoms with E-state index >= 15 is 0 Å². The number of nitrogens with zero attached hydrogens (tertiary/aromatic N) is 1. The maximum absolute atomic E-state index is 12.4. The molecular weight excluding hydrogens is 293 g/mol. The van der Waals surface area contributed by atoms with Crippen LogP contribution in [0.15, 0.2) is 18.2 Å². The molecule has 0 aromatic heterocycles. The summed E-state index contributed by atoms with van der Waals surface area (Å²) in [7, 11) is -0.426. The summed E-state index contributed by atoms with van der Waals surface area (Å²) in [6, 6.07) is 5.53. The van der Waals surface area contributed by atoms with E-state index in [0.29, 0.717) is 12.1 Å². The van der Waals surface area contributed by atoms with Crippen LogP contribution in [0.1, 0.15) is 50.5 Å². The van der Waals surface area contributed by atoms with E-state index in [0.717, 1.165) is 11.0 Å². The van der Waals surface area contributed by atoms with Crippen LogP contribution < -0.4 is 5.46 Å². The number of hydrogen-bond acceptors (Lipinski definition) is 4. The van der Waals surface area contributed by atoms with Crippen LogP contribution in [0.3, 0.4) is 0 Å². The van der Waals surface area contributed by atoms with Gasteiger partial charge in [0.05, 0.1) is 23.9 Å². The fourth-order valence-corrected chi connectivity index (χ4v) is 2.94. The van der Waals surface area contributed by atoms with Gasteiger partial charge in [0.25, 0.3) is 5.91 Å². The first-order valence-electron chi connectivity index (χ1n) is 8.06. The third kappa shape index (κ3) is 2.59. The summed E-state index contributed by atoms with van der Waals surface area (Å²) in [5.41, 5.74) is 1.82. The summed E-state index contributed by atoms with van der Waals surface area (Å²) >= 11 is 0. The van der Waals surface area contributed by atoms with Crippen molar-refractivity contribution in [1.29, 1.82) is 0 Å². The van der Waals surface area contributed by atoms with E-state index in [4.69, 9.17) is 9.31 Å². The van der Waals surface area contributed by atoms with Crippen molar-refractivity contribution < 1.29 is 19.2 Å². The van der Waals surface area contributed by atoms with Gasteiger partial charge in [-0.3, -0.25) is 4.79 Å². The lowest BCUT2D eigenvalue weighted by atomic mass is 9.78. The van der Waals surface area contributed by atoms with E-state index < -0.39 is 7.12 Å². The van der Waals surface area contributed by atoms with Crippen LogP contribution in [0.5, 0.6) is 0 Å². The van der Waals surface area contributed by atoms with E-state index in [1.807, 2.05) is 52.8 Å². The van der Waals surface area contributed by atoms with Crippen molar-refractivity contribution in [3.63, 3.8) is 0 Å². The molecule has 6 heteroatoms. The molecule has 1 fully saturated rings. The summed E-state index contributed by atoms with van der Waals surface area (Å²) in [5.74, 6) is -0.0259. The molecule has 2 heterocycles. The van der Waals surface area contributed by atoms with Crippen LogP contribution in [0.25, 0.3) is 0 Å². The molecule has 1 amide bonds. The second-order valence-corrected chi connectivity index (χ2v) is 7.47. The number of carbonyl (C=O) groups excluding carboxylic acids is 1. The van der Waals surface area contributed by atoms with Gasteiger partial charge in [-0.2, -0.15) is 0 Å². The Bertz CT molecular complexity index is 627. The topological polar surface area (TPSA) is 59.0 Å². The first-order valence-corrected chi connectivity index (χ1v) is 8.06. The highest BCUT2D eigenvalue weighted by atomic mass is 16.7. The normalized spacial score (nSPS) is 23.3. The van der Waals surface area contributed by atoms with Gasteiger partial charge in [-0.05, 0) is 51.7 Å². The smallest absolute Gasteiger partial charge is 0.399 e. The predicted octanol–water partition coefficient (Wildman–Crippen LogP) is 1.32. The highest BCUT2D eigenvalue weighted by molar-refractivity contribution is 6.62. The highest BCUT2D eigenvalue weighted by Gasteiger charge is 2.51. The Balaban J connectivity index is 1.86. The van der Waals surface area contributed by atoms with E-state index in [2.05, 4.69) is 0 Å². The average Bonchev–Trinajstić information content (AvgIpc) is 2.92. The predicted molar refractivity (Wildman–Crippen MR) is 88.6 cm³/mol. The maximum atomic E-state index is 12.4. The number of amides is 1. The minimum atomic E-state index is -0.426. The Kier molecular flexibility index (Phi) is 3.82. The number of benzene rings is 1. The molecule has 1 atom stereocenters. The monoisotopic (exact) mass is 317 g/mol. The molecule has 1 aromatic carbocycles. The van der Waals surface area contributed by atoms with Crippen molar-refractivity contribution in [2.45, 2.75) is 58.4 Å². The number of carbonyl (C=O) groups is 1. The number of rotatable bonds is 3. The molecule has 23 heavy (non-hydrogen) atoms. The standard InChI is InChI=1S/C17H24BNO4/c1-11(10-20)19-9-12-8-13(6-7-14(12)15(19)21)18-22-16(2,3)17(4,5)23-18/h6-8,11,20H,9-10H2,1-5H3. The van der Waals surface area contributed by atoms with Crippen molar-refractivity contribution in [2.75, 3.05) is 6.61 Å². The van der Waals surface area contributed by atoms with Gasteiger partial charge in [-0.25, -0.2) is 0 Å². The lowest BCUT2D eigenvalue weighted by molar-refractivity contribution is 0.00578. The SMILES string of the molecule is CC(CO)N1Cc2cc(B3OC(C)(C)C(C)(C)O3)ccc2C1=O. The zero-order valence-corrected chi connectivity index (χ0v) is 14.4. The molecule has 0 spiro atoms. The summed E-state index contributed by atoms with van der Waals surface area (Å²) in [6.45, 7) is 10.4. The van der Waals surface area contributed by atoms with E-state index in [1.54, 1.807) is 4.90 Å². The van der Waals surface area contributed by atoms with Gasteiger partial charge in [0.15, 0.2) is 0 Å². The first-order chi connectivity index (χ1) is 10.7. The molecule has 1 N–H and O–H groups in total. The summed E-state index contributed by atoms with van der Waals surface area (Å²) in [6.07, 6.45) is 0. The van der Waals surface area contributed by atoms with Gasteiger partial charge in [0.2, 0.25) is 0 Å². The van der Waals surface area contributed by atoms with Gasteiger partial charge < -0.3 is 19.3 Å². The van der Waals surface area contributed by atoms with Crippen molar-refractivity contribution in [3.8, 4) is 0 Å². The molecule has 0 saturated carbocycles. The first kappa shape index (κ1) is 16.5. The minimum absolute atomic E-state index is 0.0259. The Hall–Kier alpha value is -1.37. The fourth-order valence-electron chi connectivity index (χ4n) is 2.94. The zero-order valence-electron chi connectivity index (χ0n) is 14.4. The Morgan fingerprint density at radius 1 is 1.26 bits per heavy atom. The molecule has 1 saturated heterocycles. The quantitative estimate of drug-likeness (QED) is 0.855. The van der Waals surface area contributed by atoms with Crippen LogP contribution in [-0.4, -0.2) is 46.9 Å². The van der Waals surface area contributed by atoms with Gasteiger partial charge >= 0.3 is 7.12 Å². The molecule has 3 rings (SSSR count). The Morgan fingerprint density at radius 2 is 1.87 bits per heavy atom. The second kappa shape index (κ2) is 5.33. The number of fused-ring (bicyclic) bond motifs is 1. The molecule has 0 bridgehead atoms. The highest BCUT2D eigenvalue weighted by Crippen LogP contribution is 2.36. The minimum Gasteiger partial charge on any atom is -0.399 e. The van der Waals surface area contributed by atoms with Crippen molar-refractivity contribution in [3.05, 3.63) is 29.3 Å². The van der Waals surface area contributed by atoms with Crippen LogP contribution in [0.2, 0.25) is 0 Å². The van der Waals surface area contributed by atoms with Gasteiger partial charge in [0, 0.05) is 12.1 Å².